The van der Waals surface area contributed by atoms with E-state index in [1.54, 1.807) is 35.1 Å². The van der Waals surface area contributed by atoms with Crippen molar-refractivity contribution in [2.24, 2.45) is 14.1 Å². The van der Waals surface area contributed by atoms with Gasteiger partial charge in [0.15, 0.2) is 0 Å². The van der Waals surface area contributed by atoms with Gasteiger partial charge in [0.05, 0.1) is 29.9 Å². The van der Waals surface area contributed by atoms with Crippen LogP contribution < -0.4 is 16.0 Å². The highest BCUT2D eigenvalue weighted by molar-refractivity contribution is 6.07. The molecule has 298 valence electrons. The summed E-state index contributed by atoms with van der Waals surface area (Å²) in [5.41, 5.74) is 6.63. The SMILES string of the molecule is C=CCNCC(=O)N1[C@@H](NC(=O)NCc2ccccc2)CN(Cc2cccc3c(C(=O)N(C)Cc4c(C)nn(C)c4C)cn(C)c23)C(=O)[C@@H]1Cc1ccc(O)cc1. The molecule has 2 atom stereocenters. The lowest BCUT2D eigenvalue weighted by atomic mass is 9.98. The number of urea groups is 1. The summed E-state index contributed by atoms with van der Waals surface area (Å²) in [5, 5.41) is 24.2. The largest absolute Gasteiger partial charge is 0.508 e. The van der Waals surface area contributed by atoms with Crippen LogP contribution in [0.15, 0.2) is 91.6 Å². The van der Waals surface area contributed by atoms with Crippen molar-refractivity contribution in [1.82, 2.24) is 45.0 Å². The van der Waals surface area contributed by atoms with Crippen molar-refractivity contribution in [3.05, 3.63) is 131 Å². The second kappa shape index (κ2) is 17.6. The van der Waals surface area contributed by atoms with Crippen molar-refractivity contribution in [2.75, 3.05) is 26.7 Å². The zero-order chi connectivity index (χ0) is 40.8. The van der Waals surface area contributed by atoms with E-state index in [-0.39, 0.29) is 56.1 Å². The van der Waals surface area contributed by atoms with E-state index in [4.69, 9.17) is 0 Å². The number of nitrogens with one attached hydrogen (secondary N) is 3. The van der Waals surface area contributed by atoms with E-state index < -0.39 is 18.2 Å². The van der Waals surface area contributed by atoms with Crippen LogP contribution in [0.25, 0.3) is 10.9 Å². The lowest BCUT2D eigenvalue weighted by molar-refractivity contribution is -0.156. The van der Waals surface area contributed by atoms with Crippen molar-refractivity contribution >= 4 is 34.7 Å². The summed E-state index contributed by atoms with van der Waals surface area (Å²) in [6, 6.07) is 20.2. The maximum atomic E-state index is 14.7. The highest BCUT2D eigenvalue weighted by Gasteiger charge is 2.44. The van der Waals surface area contributed by atoms with Gasteiger partial charge in [-0.3, -0.25) is 19.1 Å². The van der Waals surface area contributed by atoms with Gasteiger partial charge in [-0.2, -0.15) is 5.10 Å². The molecular formula is C43H51N9O5. The molecule has 0 unspecified atom stereocenters. The standard InChI is InChI=1S/C43H51N9O5/c1-7-20-44-23-39(54)52-37(21-30-16-18-33(53)19-17-30)42(56)51(27-38(52)46-43(57)45-22-31-12-9-8-10-13-31)24-32-14-11-15-34-36(26-48(4)40(32)34)41(55)49(5)25-35-28(2)47-50(6)29(35)3/h7-19,26,37-38,44,53H,1,20-25,27H2,2-6H3,(H2,45,46,57)/t37-,38+/m0/s1. The number of para-hydroxylation sites is 1. The summed E-state index contributed by atoms with van der Waals surface area (Å²) < 4.78 is 3.72. The lowest BCUT2D eigenvalue weighted by Crippen LogP contribution is -2.69. The highest BCUT2D eigenvalue weighted by atomic mass is 16.3. The van der Waals surface area contributed by atoms with Gasteiger partial charge in [-0.05, 0) is 42.7 Å². The van der Waals surface area contributed by atoms with Gasteiger partial charge in [-0.1, -0.05) is 66.7 Å². The molecule has 1 saturated heterocycles. The normalized spacial score (nSPS) is 15.5. The van der Waals surface area contributed by atoms with Crippen LogP contribution in [0.2, 0.25) is 0 Å². The number of phenols is 1. The van der Waals surface area contributed by atoms with Crippen LogP contribution in [-0.2, 0) is 49.7 Å². The number of amides is 5. The Morgan fingerprint density at radius 3 is 2.42 bits per heavy atom. The Morgan fingerprint density at radius 2 is 1.74 bits per heavy atom. The molecule has 4 N–H and O–H groups in total. The number of aromatic hydroxyl groups is 1. The van der Waals surface area contributed by atoms with E-state index in [2.05, 4.69) is 27.6 Å². The predicted molar refractivity (Wildman–Crippen MR) is 218 cm³/mol. The van der Waals surface area contributed by atoms with Crippen LogP contribution in [0.4, 0.5) is 4.79 Å². The third kappa shape index (κ3) is 9.02. The van der Waals surface area contributed by atoms with Crippen LogP contribution in [0.1, 0.15) is 44.0 Å². The summed E-state index contributed by atoms with van der Waals surface area (Å²) in [7, 11) is 5.54. The van der Waals surface area contributed by atoms with Gasteiger partial charge in [0.1, 0.15) is 18.0 Å². The minimum absolute atomic E-state index is 0.00994. The number of aryl methyl sites for hydroxylation is 3. The number of rotatable bonds is 14. The number of aromatic nitrogens is 3. The van der Waals surface area contributed by atoms with Gasteiger partial charge in [0.25, 0.3) is 5.91 Å². The minimum atomic E-state index is -0.987. The molecule has 1 aliphatic heterocycles. The number of benzene rings is 3. The zero-order valence-corrected chi connectivity index (χ0v) is 33.2. The fourth-order valence-corrected chi connectivity index (χ4v) is 7.55. The summed E-state index contributed by atoms with van der Waals surface area (Å²) in [5.74, 6) is -0.732. The van der Waals surface area contributed by atoms with Crippen LogP contribution >= 0.6 is 0 Å². The molecule has 14 nitrogen and oxygen atoms in total. The maximum Gasteiger partial charge on any atom is 0.316 e. The fraction of sp³-hybridized carbons (Fsp3) is 0.326. The number of nitrogens with zero attached hydrogens (tertiary/aromatic N) is 6. The first-order valence-electron chi connectivity index (χ1n) is 19.0. The molecule has 3 aromatic carbocycles. The number of phenolic OH excluding ortho intramolecular Hbond substituents is 1. The average Bonchev–Trinajstić information content (AvgIpc) is 3.66. The molecule has 0 radical (unpaired) electrons. The van der Waals surface area contributed by atoms with Crippen molar-refractivity contribution in [1.29, 1.82) is 0 Å². The molecule has 3 heterocycles. The Hall–Kier alpha value is -6.41. The Labute approximate surface area is 332 Å². The fourth-order valence-electron chi connectivity index (χ4n) is 7.55. The Kier molecular flexibility index (Phi) is 12.4. The number of carbonyl (C=O) groups excluding carboxylic acids is 4. The lowest BCUT2D eigenvalue weighted by Gasteiger charge is -2.46. The topological polar surface area (TPSA) is 157 Å². The van der Waals surface area contributed by atoms with Gasteiger partial charge in [0.2, 0.25) is 11.8 Å². The molecule has 1 aliphatic rings. The second-order valence-electron chi connectivity index (χ2n) is 14.6. The minimum Gasteiger partial charge on any atom is -0.508 e. The third-order valence-electron chi connectivity index (χ3n) is 10.6. The predicted octanol–water partition coefficient (Wildman–Crippen LogP) is 3.89. The van der Waals surface area contributed by atoms with Gasteiger partial charge in [0, 0.05) is 76.6 Å². The molecule has 5 aromatic rings. The smallest absolute Gasteiger partial charge is 0.316 e. The zero-order valence-electron chi connectivity index (χ0n) is 33.2. The summed E-state index contributed by atoms with van der Waals surface area (Å²) in [6.45, 7) is 8.77. The van der Waals surface area contributed by atoms with Gasteiger partial charge < -0.3 is 40.3 Å². The summed E-state index contributed by atoms with van der Waals surface area (Å²) in [4.78, 5) is 61.0. The molecule has 6 rings (SSSR count). The first kappa shape index (κ1) is 40.3. The molecule has 1 fully saturated rings. The molecule has 14 heteroatoms. The Morgan fingerprint density at radius 1 is 1.00 bits per heavy atom. The number of carbonyl (C=O) groups is 4. The molecule has 57 heavy (non-hydrogen) atoms. The first-order chi connectivity index (χ1) is 27.4. The number of hydrogen-bond acceptors (Lipinski definition) is 7. The van der Waals surface area contributed by atoms with E-state index in [0.717, 1.165) is 44.5 Å². The number of hydrogen-bond donors (Lipinski definition) is 4. The van der Waals surface area contributed by atoms with Crippen LogP contribution in [0.5, 0.6) is 5.75 Å². The van der Waals surface area contributed by atoms with E-state index in [0.29, 0.717) is 18.7 Å². The van der Waals surface area contributed by atoms with E-state index in [1.807, 2.05) is 91.9 Å². The molecule has 5 amide bonds. The number of fused-ring (bicyclic) bond motifs is 1. The summed E-state index contributed by atoms with van der Waals surface area (Å²) in [6.07, 6.45) is 2.71. The van der Waals surface area contributed by atoms with E-state index in [9.17, 15) is 24.3 Å². The highest BCUT2D eigenvalue weighted by Crippen LogP contribution is 2.29. The summed E-state index contributed by atoms with van der Waals surface area (Å²) >= 11 is 0. The van der Waals surface area contributed by atoms with Crippen LogP contribution in [-0.4, -0.2) is 96.8 Å². The molecule has 0 spiro atoms. The van der Waals surface area contributed by atoms with Gasteiger partial charge in [-0.15, -0.1) is 6.58 Å². The monoisotopic (exact) mass is 773 g/mol. The van der Waals surface area contributed by atoms with Crippen molar-refractivity contribution < 1.29 is 24.3 Å². The molecule has 2 aromatic heterocycles. The second-order valence-corrected chi connectivity index (χ2v) is 14.6. The van der Waals surface area contributed by atoms with Crippen LogP contribution in [0, 0.1) is 13.8 Å². The van der Waals surface area contributed by atoms with E-state index >= 15 is 0 Å². The average molecular weight is 774 g/mol. The van der Waals surface area contributed by atoms with E-state index in [1.165, 1.54) is 17.0 Å². The number of piperazine rings is 1. The maximum absolute atomic E-state index is 14.7. The molecule has 0 bridgehead atoms. The van der Waals surface area contributed by atoms with Gasteiger partial charge >= 0.3 is 6.03 Å². The van der Waals surface area contributed by atoms with Crippen LogP contribution in [0.3, 0.4) is 0 Å². The molecule has 0 saturated carbocycles. The Bertz CT molecular complexity index is 2260. The quantitative estimate of drug-likeness (QED) is 0.0986. The van der Waals surface area contributed by atoms with Gasteiger partial charge in [-0.25, -0.2) is 4.79 Å². The Balaban J connectivity index is 1.32. The van der Waals surface area contributed by atoms with Crippen molar-refractivity contribution in [3.8, 4) is 5.75 Å². The molecule has 0 aliphatic carbocycles. The first-order valence-corrected chi connectivity index (χ1v) is 19.0. The van der Waals surface area contributed by atoms with Crippen molar-refractivity contribution in [2.45, 2.75) is 52.1 Å². The molecular weight excluding hydrogens is 723 g/mol. The van der Waals surface area contributed by atoms with Crippen molar-refractivity contribution in [3.63, 3.8) is 0 Å². The third-order valence-corrected chi connectivity index (χ3v) is 10.6.